The highest BCUT2D eigenvalue weighted by atomic mass is 35.5. The molecule has 1 saturated heterocycles. The van der Waals surface area contributed by atoms with Crippen LogP contribution >= 0.6 is 22.9 Å². The molecule has 0 radical (unpaired) electrons. The molecule has 1 N–H and O–H groups in total. The molecule has 1 aromatic heterocycles. The van der Waals surface area contributed by atoms with Crippen LogP contribution in [0.4, 0.5) is 0 Å². The van der Waals surface area contributed by atoms with Gasteiger partial charge in [0.1, 0.15) is 17.4 Å². The van der Waals surface area contributed by atoms with E-state index in [0.717, 1.165) is 5.01 Å². The smallest absolute Gasteiger partial charge is 0.334 e. The number of halogens is 1. The number of carbonyl (C=O) groups is 2. The summed E-state index contributed by atoms with van der Waals surface area (Å²) < 4.78 is 10.8. The zero-order valence-electron chi connectivity index (χ0n) is 13.8. The summed E-state index contributed by atoms with van der Waals surface area (Å²) in [5.41, 5.74) is 0.646. The molecule has 138 valence electrons. The second-order valence-electron chi connectivity index (χ2n) is 5.69. The highest BCUT2D eigenvalue weighted by Crippen LogP contribution is 2.19. The zero-order valence-corrected chi connectivity index (χ0v) is 15.3. The molecule has 7 nitrogen and oxygen atoms in total. The molecule has 26 heavy (non-hydrogen) atoms. The first-order chi connectivity index (χ1) is 12.5. The van der Waals surface area contributed by atoms with E-state index in [-0.39, 0.29) is 25.5 Å². The van der Waals surface area contributed by atoms with Gasteiger partial charge in [0.2, 0.25) is 5.91 Å². The summed E-state index contributed by atoms with van der Waals surface area (Å²) in [6.07, 6.45) is -0.837. The molecule has 1 aromatic carbocycles. The van der Waals surface area contributed by atoms with Crippen LogP contribution in [-0.2, 0) is 27.4 Å². The third-order valence-electron chi connectivity index (χ3n) is 3.80. The normalized spacial score (nSPS) is 17.1. The number of aromatic nitrogens is 1. The van der Waals surface area contributed by atoms with Crippen molar-refractivity contribution in [2.24, 2.45) is 0 Å². The van der Waals surface area contributed by atoms with Gasteiger partial charge in [0, 0.05) is 16.9 Å². The first-order valence-corrected chi connectivity index (χ1v) is 9.21. The molecule has 0 saturated carbocycles. The fraction of sp³-hybridized carbons (Fsp3) is 0.353. The fourth-order valence-electron chi connectivity index (χ4n) is 2.46. The molecule has 0 spiro atoms. The summed E-state index contributed by atoms with van der Waals surface area (Å²) >= 11 is 7.24. The highest BCUT2D eigenvalue weighted by molar-refractivity contribution is 7.09. The van der Waals surface area contributed by atoms with Gasteiger partial charge in [-0.25, -0.2) is 9.78 Å². The molecule has 9 heteroatoms. The van der Waals surface area contributed by atoms with Crippen molar-refractivity contribution in [2.75, 3.05) is 19.7 Å². The third-order valence-corrected chi connectivity index (χ3v) is 4.93. The topological polar surface area (TPSA) is 89.0 Å². The number of aliphatic carboxylic acids is 1. The molecular formula is C17H17ClN2O5S. The van der Waals surface area contributed by atoms with Crippen LogP contribution in [0.2, 0.25) is 5.02 Å². The highest BCUT2D eigenvalue weighted by Gasteiger charge is 2.29. The number of carboxylic acid groups (broad SMARTS) is 1. The van der Waals surface area contributed by atoms with Crippen molar-refractivity contribution in [3.8, 4) is 5.75 Å². The molecule has 1 atom stereocenters. The van der Waals surface area contributed by atoms with Crippen LogP contribution in [0, 0.1) is 0 Å². The Kier molecular flexibility index (Phi) is 6.08. The van der Waals surface area contributed by atoms with Crippen molar-refractivity contribution in [2.45, 2.75) is 19.1 Å². The fourth-order valence-corrected chi connectivity index (χ4v) is 3.30. The van der Waals surface area contributed by atoms with E-state index in [2.05, 4.69) is 4.98 Å². The van der Waals surface area contributed by atoms with Gasteiger partial charge in [-0.1, -0.05) is 11.6 Å². The number of rotatable bonds is 6. The van der Waals surface area contributed by atoms with E-state index in [1.54, 1.807) is 24.3 Å². The predicted octanol–water partition coefficient (Wildman–Crippen LogP) is 2.23. The van der Waals surface area contributed by atoms with E-state index >= 15 is 0 Å². The largest absolute Gasteiger partial charge is 0.486 e. The Labute approximate surface area is 159 Å². The number of thiazole rings is 1. The third kappa shape index (κ3) is 4.94. The Balaban J connectivity index is 1.52. The molecule has 0 aliphatic carbocycles. The minimum absolute atomic E-state index is 0.0604. The van der Waals surface area contributed by atoms with Crippen LogP contribution in [0.15, 0.2) is 29.6 Å². The lowest BCUT2D eigenvalue weighted by Crippen LogP contribution is -2.49. The monoisotopic (exact) mass is 396 g/mol. The van der Waals surface area contributed by atoms with Gasteiger partial charge in [0.05, 0.1) is 25.3 Å². The molecule has 1 amide bonds. The minimum Gasteiger partial charge on any atom is -0.486 e. The van der Waals surface area contributed by atoms with E-state index in [0.29, 0.717) is 29.6 Å². The zero-order chi connectivity index (χ0) is 18.5. The molecule has 2 heterocycles. The van der Waals surface area contributed by atoms with Gasteiger partial charge in [-0.05, 0) is 24.3 Å². The Morgan fingerprint density at radius 3 is 2.88 bits per heavy atom. The average molecular weight is 397 g/mol. The first-order valence-electron chi connectivity index (χ1n) is 7.95. The van der Waals surface area contributed by atoms with Gasteiger partial charge in [-0.15, -0.1) is 11.3 Å². The Morgan fingerprint density at radius 2 is 2.15 bits per heavy atom. The maximum Gasteiger partial charge on any atom is 0.334 e. The molecule has 1 aliphatic heterocycles. The molecule has 0 bridgehead atoms. The number of carbonyl (C=O) groups excluding carboxylic acids is 1. The number of amides is 1. The second kappa shape index (κ2) is 8.48. The van der Waals surface area contributed by atoms with Crippen molar-refractivity contribution in [1.82, 2.24) is 9.88 Å². The van der Waals surface area contributed by atoms with E-state index < -0.39 is 12.1 Å². The van der Waals surface area contributed by atoms with Crippen LogP contribution < -0.4 is 4.74 Å². The summed E-state index contributed by atoms with van der Waals surface area (Å²) in [5, 5.41) is 12.2. The Bertz CT molecular complexity index is 780. The van der Waals surface area contributed by atoms with E-state index in [1.165, 1.54) is 16.2 Å². The van der Waals surface area contributed by atoms with Crippen molar-refractivity contribution in [3.63, 3.8) is 0 Å². The number of hydrogen-bond acceptors (Lipinski definition) is 6. The number of carboxylic acids is 1. The number of ether oxygens (including phenoxy) is 2. The first kappa shape index (κ1) is 18.6. The van der Waals surface area contributed by atoms with Crippen LogP contribution in [0.5, 0.6) is 5.75 Å². The van der Waals surface area contributed by atoms with Crippen molar-refractivity contribution < 1.29 is 24.2 Å². The lowest BCUT2D eigenvalue weighted by molar-refractivity contribution is -0.159. The summed E-state index contributed by atoms with van der Waals surface area (Å²) in [7, 11) is 0. The maximum atomic E-state index is 12.4. The van der Waals surface area contributed by atoms with E-state index in [4.69, 9.17) is 26.2 Å². The number of benzene rings is 1. The molecule has 3 rings (SSSR count). The summed E-state index contributed by atoms with van der Waals surface area (Å²) in [5.74, 6) is -0.525. The lowest BCUT2D eigenvalue weighted by Gasteiger charge is -2.30. The quantitative estimate of drug-likeness (QED) is 0.805. The Morgan fingerprint density at radius 1 is 1.38 bits per heavy atom. The SMILES string of the molecule is O=C(O)C1CN(C(=O)Cc2csc(COc3ccc(Cl)cc3)n2)CCO1. The Hall–Kier alpha value is -2.16. The maximum absolute atomic E-state index is 12.4. The van der Waals surface area contributed by atoms with Crippen molar-refractivity contribution in [3.05, 3.63) is 45.4 Å². The van der Waals surface area contributed by atoms with Gasteiger partial charge in [0.25, 0.3) is 0 Å². The van der Waals surface area contributed by atoms with Crippen LogP contribution in [-0.4, -0.2) is 52.7 Å². The van der Waals surface area contributed by atoms with Gasteiger partial charge < -0.3 is 19.5 Å². The molecule has 2 aromatic rings. The van der Waals surface area contributed by atoms with Gasteiger partial charge >= 0.3 is 5.97 Å². The summed E-state index contributed by atoms with van der Waals surface area (Å²) in [6.45, 7) is 0.975. The van der Waals surface area contributed by atoms with Crippen LogP contribution in [0.25, 0.3) is 0 Å². The van der Waals surface area contributed by atoms with Crippen molar-refractivity contribution in [1.29, 1.82) is 0 Å². The summed E-state index contributed by atoms with van der Waals surface area (Å²) in [6, 6.07) is 7.04. The summed E-state index contributed by atoms with van der Waals surface area (Å²) in [4.78, 5) is 29.3. The van der Waals surface area contributed by atoms with Gasteiger partial charge in [-0.3, -0.25) is 4.79 Å². The predicted molar refractivity (Wildman–Crippen MR) is 95.6 cm³/mol. The minimum atomic E-state index is -1.06. The standard InChI is InChI=1S/C17H17ClN2O5S/c18-11-1-3-13(4-2-11)25-9-15-19-12(10-26-15)7-16(21)20-5-6-24-14(8-20)17(22)23/h1-4,10,14H,5-9H2,(H,22,23). The van der Waals surface area contributed by atoms with Gasteiger partial charge in [-0.2, -0.15) is 0 Å². The molecule has 1 fully saturated rings. The van der Waals surface area contributed by atoms with E-state index in [9.17, 15) is 9.59 Å². The molecule has 1 unspecified atom stereocenters. The molecule has 1 aliphatic rings. The van der Waals surface area contributed by atoms with Gasteiger partial charge in [0.15, 0.2) is 6.10 Å². The van der Waals surface area contributed by atoms with E-state index in [1.807, 2.05) is 5.38 Å². The molecular weight excluding hydrogens is 380 g/mol. The number of nitrogens with zero attached hydrogens (tertiary/aromatic N) is 2. The van der Waals surface area contributed by atoms with Crippen LogP contribution in [0.3, 0.4) is 0 Å². The number of hydrogen-bond donors (Lipinski definition) is 1. The van der Waals surface area contributed by atoms with Crippen molar-refractivity contribution >= 4 is 34.8 Å². The second-order valence-corrected chi connectivity index (χ2v) is 7.07. The average Bonchev–Trinajstić information content (AvgIpc) is 3.08. The van der Waals surface area contributed by atoms with Crippen LogP contribution in [0.1, 0.15) is 10.7 Å². The number of morpholine rings is 1. The lowest BCUT2D eigenvalue weighted by atomic mass is 10.2.